The van der Waals surface area contributed by atoms with E-state index in [9.17, 15) is 9.59 Å². The summed E-state index contributed by atoms with van der Waals surface area (Å²) in [7, 11) is 0. The van der Waals surface area contributed by atoms with E-state index in [1.165, 1.54) is 13.1 Å². The standard InChI is InChI=1S/C10H11NO5/c1-10(9(14)15)3-7-5(4-11-16-7)2-6(10)8(12)13/h4,6H,2-3H2,1H3,(H,12,13)(H,14,15). The van der Waals surface area contributed by atoms with Crippen molar-refractivity contribution in [3.63, 3.8) is 0 Å². The van der Waals surface area contributed by atoms with Crippen LogP contribution in [0.5, 0.6) is 0 Å². The van der Waals surface area contributed by atoms with Crippen molar-refractivity contribution >= 4 is 11.9 Å². The molecule has 0 saturated carbocycles. The Kier molecular flexibility index (Phi) is 2.22. The molecule has 0 aliphatic heterocycles. The molecule has 0 radical (unpaired) electrons. The van der Waals surface area contributed by atoms with Crippen LogP contribution in [0.25, 0.3) is 0 Å². The molecular formula is C10H11NO5. The Bertz CT molecular complexity index is 452. The molecule has 1 aliphatic carbocycles. The fourth-order valence-electron chi connectivity index (χ4n) is 2.08. The molecule has 0 spiro atoms. The zero-order valence-corrected chi connectivity index (χ0v) is 8.64. The summed E-state index contributed by atoms with van der Waals surface area (Å²) < 4.78 is 4.92. The first-order valence-electron chi connectivity index (χ1n) is 4.84. The molecule has 0 bridgehead atoms. The third kappa shape index (κ3) is 1.37. The fraction of sp³-hybridized carbons (Fsp3) is 0.500. The molecule has 6 heteroatoms. The van der Waals surface area contributed by atoms with Gasteiger partial charge in [-0.05, 0) is 13.3 Å². The Hall–Kier alpha value is -1.85. The van der Waals surface area contributed by atoms with Crippen molar-refractivity contribution in [2.24, 2.45) is 11.3 Å². The molecule has 2 N–H and O–H groups in total. The van der Waals surface area contributed by atoms with Gasteiger partial charge >= 0.3 is 11.9 Å². The van der Waals surface area contributed by atoms with Gasteiger partial charge in [0.2, 0.25) is 0 Å². The summed E-state index contributed by atoms with van der Waals surface area (Å²) in [5.41, 5.74) is -0.649. The Morgan fingerprint density at radius 1 is 1.56 bits per heavy atom. The van der Waals surface area contributed by atoms with E-state index in [1.807, 2.05) is 0 Å². The number of carboxylic acids is 2. The third-order valence-electron chi connectivity index (χ3n) is 3.24. The van der Waals surface area contributed by atoms with E-state index in [1.54, 1.807) is 0 Å². The van der Waals surface area contributed by atoms with Crippen LogP contribution in [-0.4, -0.2) is 27.3 Å². The van der Waals surface area contributed by atoms with E-state index < -0.39 is 23.3 Å². The lowest BCUT2D eigenvalue weighted by Crippen LogP contribution is -2.45. The maximum Gasteiger partial charge on any atom is 0.310 e. The summed E-state index contributed by atoms with van der Waals surface area (Å²) in [6.45, 7) is 1.43. The highest BCUT2D eigenvalue weighted by atomic mass is 16.5. The summed E-state index contributed by atoms with van der Waals surface area (Å²) in [5.74, 6) is -2.70. The second-order valence-electron chi connectivity index (χ2n) is 4.27. The van der Waals surface area contributed by atoms with Gasteiger partial charge in [-0.2, -0.15) is 0 Å². The smallest absolute Gasteiger partial charge is 0.310 e. The van der Waals surface area contributed by atoms with E-state index in [0.29, 0.717) is 11.3 Å². The molecule has 6 nitrogen and oxygen atoms in total. The number of carboxylic acid groups (broad SMARTS) is 2. The van der Waals surface area contributed by atoms with Crippen molar-refractivity contribution in [1.82, 2.24) is 5.16 Å². The molecule has 16 heavy (non-hydrogen) atoms. The number of carbonyl (C=O) groups is 2. The predicted molar refractivity (Wildman–Crippen MR) is 50.8 cm³/mol. The fourth-order valence-corrected chi connectivity index (χ4v) is 2.08. The van der Waals surface area contributed by atoms with Crippen LogP contribution in [0.2, 0.25) is 0 Å². The van der Waals surface area contributed by atoms with Gasteiger partial charge in [0.1, 0.15) is 5.76 Å². The zero-order chi connectivity index (χ0) is 11.9. The Labute approximate surface area is 90.9 Å². The SMILES string of the molecule is CC1(C(=O)O)Cc2oncc2CC1C(=O)O. The van der Waals surface area contributed by atoms with Gasteiger partial charge in [-0.1, -0.05) is 5.16 Å². The molecule has 1 heterocycles. The molecule has 1 aromatic rings. The molecule has 0 saturated heterocycles. The largest absolute Gasteiger partial charge is 0.481 e. The lowest BCUT2D eigenvalue weighted by Gasteiger charge is -2.33. The summed E-state index contributed by atoms with van der Waals surface area (Å²) in [4.78, 5) is 22.3. The van der Waals surface area contributed by atoms with E-state index in [2.05, 4.69) is 5.16 Å². The van der Waals surface area contributed by atoms with Gasteiger partial charge in [-0.3, -0.25) is 9.59 Å². The molecular weight excluding hydrogens is 214 g/mol. The normalized spacial score (nSPS) is 28.4. The highest BCUT2D eigenvalue weighted by molar-refractivity contribution is 5.84. The molecule has 2 rings (SSSR count). The Morgan fingerprint density at radius 2 is 2.25 bits per heavy atom. The number of aliphatic carboxylic acids is 2. The van der Waals surface area contributed by atoms with Crippen molar-refractivity contribution in [1.29, 1.82) is 0 Å². The minimum absolute atomic E-state index is 0.0641. The molecule has 2 atom stereocenters. The lowest BCUT2D eigenvalue weighted by molar-refractivity contribution is -0.162. The molecule has 1 aliphatic rings. The number of hydrogen-bond donors (Lipinski definition) is 2. The highest BCUT2D eigenvalue weighted by Gasteiger charge is 2.50. The van der Waals surface area contributed by atoms with Crippen molar-refractivity contribution in [3.8, 4) is 0 Å². The molecule has 1 aromatic heterocycles. The van der Waals surface area contributed by atoms with Gasteiger partial charge in [0.25, 0.3) is 0 Å². The van der Waals surface area contributed by atoms with Gasteiger partial charge in [-0.15, -0.1) is 0 Å². The van der Waals surface area contributed by atoms with Gasteiger partial charge in [0, 0.05) is 12.0 Å². The Balaban J connectivity index is 2.45. The first-order chi connectivity index (χ1) is 7.45. The van der Waals surface area contributed by atoms with E-state index in [0.717, 1.165) is 0 Å². The summed E-state index contributed by atoms with van der Waals surface area (Å²) in [6, 6.07) is 0. The molecule has 0 aromatic carbocycles. The third-order valence-corrected chi connectivity index (χ3v) is 3.24. The number of fused-ring (bicyclic) bond motifs is 1. The molecule has 0 fully saturated rings. The van der Waals surface area contributed by atoms with Gasteiger partial charge < -0.3 is 14.7 Å². The van der Waals surface area contributed by atoms with Crippen LogP contribution in [-0.2, 0) is 22.4 Å². The van der Waals surface area contributed by atoms with Crippen LogP contribution >= 0.6 is 0 Å². The molecule has 0 amide bonds. The second kappa shape index (κ2) is 3.33. The van der Waals surface area contributed by atoms with Gasteiger partial charge in [0.05, 0.1) is 17.5 Å². The van der Waals surface area contributed by atoms with Gasteiger partial charge in [-0.25, -0.2) is 0 Å². The number of nitrogens with zero attached hydrogens (tertiary/aromatic N) is 1. The van der Waals surface area contributed by atoms with E-state index in [-0.39, 0.29) is 12.8 Å². The molecule has 2 unspecified atom stereocenters. The lowest BCUT2D eigenvalue weighted by atomic mass is 9.67. The number of aromatic nitrogens is 1. The number of hydrogen-bond acceptors (Lipinski definition) is 4. The highest BCUT2D eigenvalue weighted by Crippen LogP contribution is 2.40. The van der Waals surface area contributed by atoms with Gasteiger partial charge in [0.15, 0.2) is 0 Å². The summed E-state index contributed by atoms with van der Waals surface area (Å²) >= 11 is 0. The summed E-state index contributed by atoms with van der Waals surface area (Å²) in [5, 5.41) is 21.8. The van der Waals surface area contributed by atoms with Crippen molar-refractivity contribution in [2.45, 2.75) is 19.8 Å². The maximum atomic E-state index is 11.2. The average Bonchev–Trinajstić information content (AvgIpc) is 2.62. The van der Waals surface area contributed by atoms with Crippen LogP contribution in [0.1, 0.15) is 18.2 Å². The van der Waals surface area contributed by atoms with Crippen molar-refractivity contribution in [3.05, 3.63) is 17.5 Å². The first-order valence-corrected chi connectivity index (χ1v) is 4.84. The van der Waals surface area contributed by atoms with Crippen LogP contribution < -0.4 is 0 Å². The number of rotatable bonds is 2. The molecule has 86 valence electrons. The minimum atomic E-state index is -1.33. The Morgan fingerprint density at radius 3 is 2.81 bits per heavy atom. The van der Waals surface area contributed by atoms with Crippen LogP contribution in [0.4, 0.5) is 0 Å². The van der Waals surface area contributed by atoms with E-state index >= 15 is 0 Å². The zero-order valence-electron chi connectivity index (χ0n) is 8.64. The van der Waals surface area contributed by atoms with Crippen LogP contribution in [0.15, 0.2) is 10.7 Å². The minimum Gasteiger partial charge on any atom is -0.481 e. The van der Waals surface area contributed by atoms with Crippen molar-refractivity contribution < 1.29 is 24.3 Å². The maximum absolute atomic E-state index is 11.2. The van der Waals surface area contributed by atoms with Crippen LogP contribution in [0.3, 0.4) is 0 Å². The van der Waals surface area contributed by atoms with Crippen molar-refractivity contribution in [2.75, 3.05) is 0 Å². The van der Waals surface area contributed by atoms with Crippen LogP contribution in [0, 0.1) is 11.3 Å². The first kappa shape index (κ1) is 10.7. The summed E-state index contributed by atoms with van der Waals surface area (Å²) in [6.07, 6.45) is 1.66. The predicted octanol–water partition coefficient (Wildman–Crippen LogP) is 0.565. The van der Waals surface area contributed by atoms with E-state index in [4.69, 9.17) is 14.7 Å². The monoisotopic (exact) mass is 225 g/mol. The average molecular weight is 225 g/mol. The second-order valence-corrected chi connectivity index (χ2v) is 4.27. The topological polar surface area (TPSA) is 101 Å². The quantitative estimate of drug-likeness (QED) is 0.762.